The van der Waals surface area contributed by atoms with E-state index in [0.717, 1.165) is 5.57 Å². The first-order valence-electron chi connectivity index (χ1n) is 8.62. The molecule has 0 spiro atoms. The van der Waals surface area contributed by atoms with Crippen LogP contribution >= 0.6 is 23.2 Å². The van der Waals surface area contributed by atoms with Crippen molar-refractivity contribution in [1.29, 1.82) is 0 Å². The van der Waals surface area contributed by atoms with Crippen molar-refractivity contribution in [2.24, 2.45) is 0 Å². The van der Waals surface area contributed by atoms with Gasteiger partial charge in [-0.05, 0) is 47.0 Å². The summed E-state index contributed by atoms with van der Waals surface area (Å²) in [6, 6.07) is 10.7. The van der Waals surface area contributed by atoms with Crippen LogP contribution in [0.15, 0.2) is 65.2 Å². The van der Waals surface area contributed by atoms with Crippen LogP contribution < -0.4 is 10.1 Å². The number of carbonyl (C=O) groups is 1. The second kappa shape index (κ2) is 8.93. The average molecular weight is 442 g/mol. The van der Waals surface area contributed by atoms with Gasteiger partial charge in [0.05, 0.1) is 10.9 Å². The van der Waals surface area contributed by atoms with E-state index in [-0.39, 0.29) is 17.7 Å². The molecule has 0 radical (unpaired) electrons. The quantitative estimate of drug-likeness (QED) is 0.314. The molecule has 3 rings (SSSR count). The molecule has 0 aromatic heterocycles. The second-order valence-electron chi connectivity index (χ2n) is 6.39. The number of alkyl halides is 4. The van der Waals surface area contributed by atoms with E-state index in [0.29, 0.717) is 40.2 Å². The molecule has 152 valence electrons. The predicted molar refractivity (Wildman–Crippen MR) is 109 cm³/mol. The third kappa shape index (κ3) is 5.78. The number of hydrogen-bond donors (Lipinski definition) is 1. The lowest BCUT2D eigenvalue weighted by atomic mass is 10.0. The number of benzene rings is 2. The third-order valence-electron chi connectivity index (χ3n) is 4.29. The first-order valence-corrected chi connectivity index (χ1v) is 9.43. The molecule has 2 aromatic rings. The van der Waals surface area contributed by atoms with E-state index in [2.05, 4.69) is 0 Å². The molecule has 29 heavy (non-hydrogen) atoms. The van der Waals surface area contributed by atoms with Gasteiger partial charge in [0.1, 0.15) is 12.4 Å². The van der Waals surface area contributed by atoms with Crippen LogP contribution in [-0.2, 0) is 0 Å². The number of anilines is 1. The van der Waals surface area contributed by atoms with Crippen molar-refractivity contribution in [2.75, 3.05) is 11.9 Å². The molecule has 0 fully saturated rings. The number of nitrogens with one attached hydrogen (secondary N) is 1. The van der Waals surface area contributed by atoms with Crippen molar-refractivity contribution in [1.82, 2.24) is 0 Å². The maximum Gasteiger partial charge on any atom is 0.482 e. The highest BCUT2D eigenvalue weighted by Crippen LogP contribution is 2.30. The molecular weight excluding hydrogens is 426 g/mol. The minimum atomic E-state index is -4.50. The van der Waals surface area contributed by atoms with E-state index in [1.54, 1.807) is 42.5 Å². The molecule has 1 aliphatic carbocycles. The predicted octanol–water partition coefficient (Wildman–Crippen LogP) is 6.54. The van der Waals surface area contributed by atoms with E-state index >= 15 is 0 Å². The largest absolute Gasteiger partial charge is 0.488 e. The van der Waals surface area contributed by atoms with E-state index in [9.17, 15) is 18.0 Å². The van der Waals surface area contributed by atoms with E-state index in [1.807, 2.05) is 0 Å². The molecule has 2 aromatic carbocycles. The van der Waals surface area contributed by atoms with Crippen molar-refractivity contribution in [3.05, 3.63) is 70.8 Å². The number of halogens is 5. The van der Waals surface area contributed by atoms with Crippen LogP contribution in [0.5, 0.6) is 5.75 Å². The highest BCUT2D eigenvalue weighted by atomic mass is 35.5. The summed E-state index contributed by atoms with van der Waals surface area (Å²) in [5.74, 6) is 0.393. The lowest BCUT2D eigenvalue weighted by molar-refractivity contribution is -0.0999. The molecule has 1 unspecified atom stereocenters. The first kappa shape index (κ1) is 21.3. The van der Waals surface area contributed by atoms with Gasteiger partial charge in [-0.15, -0.1) is 11.6 Å². The minimum absolute atomic E-state index is 0.0673. The highest BCUT2D eigenvalue weighted by Gasteiger charge is 2.26. The van der Waals surface area contributed by atoms with Crippen LogP contribution in [0.4, 0.5) is 18.9 Å². The van der Waals surface area contributed by atoms with Crippen molar-refractivity contribution in [3.63, 3.8) is 0 Å². The van der Waals surface area contributed by atoms with Crippen molar-refractivity contribution in [2.45, 2.75) is 18.1 Å². The number of aldehydes is 1. The molecule has 0 amide bonds. The molecule has 0 heterocycles. The Kier molecular flexibility index (Phi) is 6.55. The number of hydrogen-bond acceptors (Lipinski definition) is 3. The number of allylic oxidation sites excluding steroid dienone is 3. The van der Waals surface area contributed by atoms with E-state index in [1.165, 1.54) is 17.4 Å². The molecular formula is C21H16Cl2F3NO2. The zero-order valence-electron chi connectivity index (χ0n) is 15.0. The van der Waals surface area contributed by atoms with Gasteiger partial charge in [-0.2, -0.15) is 13.2 Å². The smallest absolute Gasteiger partial charge is 0.482 e. The Morgan fingerprint density at radius 1 is 1.10 bits per heavy atom. The zero-order valence-corrected chi connectivity index (χ0v) is 16.5. The summed E-state index contributed by atoms with van der Waals surface area (Å²) >= 11 is 12.2. The summed E-state index contributed by atoms with van der Waals surface area (Å²) in [5, 5.41) is 1.84. The summed E-state index contributed by atoms with van der Waals surface area (Å²) in [7, 11) is 0. The summed E-state index contributed by atoms with van der Waals surface area (Å²) in [5.41, 5.74) is 2.46. The second-order valence-corrected chi connectivity index (χ2v) is 7.40. The van der Waals surface area contributed by atoms with E-state index in [4.69, 9.17) is 27.9 Å². The summed E-state index contributed by atoms with van der Waals surface area (Å²) in [4.78, 5) is 11.5. The fourth-order valence-electron chi connectivity index (χ4n) is 2.83. The Labute approximate surface area is 175 Å². The van der Waals surface area contributed by atoms with Crippen LogP contribution in [0.1, 0.15) is 16.8 Å². The van der Waals surface area contributed by atoms with Gasteiger partial charge in [-0.3, -0.25) is 10.1 Å². The fraction of sp³-hybridized carbons (Fsp3) is 0.190. The van der Waals surface area contributed by atoms with Gasteiger partial charge in [-0.1, -0.05) is 35.9 Å². The van der Waals surface area contributed by atoms with Gasteiger partial charge in [0.2, 0.25) is 0 Å². The maximum atomic E-state index is 12.4. The molecule has 1 atom stereocenters. The van der Waals surface area contributed by atoms with Gasteiger partial charge in [0, 0.05) is 17.1 Å². The fourth-order valence-corrected chi connectivity index (χ4v) is 3.43. The maximum absolute atomic E-state index is 12.4. The Balaban J connectivity index is 1.74. The number of rotatable bonds is 6. The lowest BCUT2D eigenvalue weighted by Crippen LogP contribution is -2.20. The van der Waals surface area contributed by atoms with Crippen LogP contribution in [0.25, 0.3) is 11.1 Å². The lowest BCUT2D eigenvalue weighted by Gasteiger charge is -2.18. The Hall–Kier alpha value is -2.44. The van der Waals surface area contributed by atoms with Gasteiger partial charge in [-0.25, -0.2) is 0 Å². The first-order chi connectivity index (χ1) is 13.7. The summed E-state index contributed by atoms with van der Waals surface area (Å²) < 4.78 is 42.9. The van der Waals surface area contributed by atoms with Crippen LogP contribution in [0.3, 0.4) is 0 Å². The molecule has 0 saturated heterocycles. The molecule has 0 aliphatic heterocycles. The van der Waals surface area contributed by atoms with Crippen molar-refractivity contribution in [3.8, 4) is 16.9 Å². The minimum Gasteiger partial charge on any atom is -0.488 e. The SMILES string of the molecule is O=Cc1cc(-c2ccc(NC(F)(F)F)cc2)ccc1OCC1=CC=C(Cl)CC1Cl. The zero-order chi connectivity index (χ0) is 21.0. The number of ether oxygens (including phenoxy) is 1. The summed E-state index contributed by atoms with van der Waals surface area (Å²) in [6.45, 7) is 0.215. The van der Waals surface area contributed by atoms with Crippen LogP contribution in [0, 0.1) is 0 Å². The highest BCUT2D eigenvalue weighted by molar-refractivity contribution is 6.31. The van der Waals surface area contributed by atoms with Gasteiger partial charge in [0.15, 0.2) is 6.29 Å². The molecule has 0 bridgehead atoms. The van der Waals surface area contributed by atoms with E-state index < -0.39 is 6.30 Å². The molecule has 0 saturated carbocycles. The Bertz CT molecular complexity index is 953. The van der Waals surface area contributed by atoms with Crippen LogP contribution in [0.2, 0.25) is 0 Å². The van der Waals surface area contributed by atoms with Crippen LogP contribution in [-0.4, -0.2) is 24.6 Å². The molecule has 8 heteroatoms. The normalized spacial score (nSPS) is 16.7. The van der Waals surface area contributed by atoms with Gasteiger partial charge >= 0.3 is 6.30 Å². The third-order valence-corrected chi connectivity index (χ3v) is 5.01. The monoisotopic (exact) mass is 441 g/mol. The Morgan fingerprint density at radius 2 is 1.79 bits per heavy atom. The van der Waals surface area contributed by atoms with Crippen molar-refractivity contribution >= 4 is 35.2 Å². The topological polar surface area (TPSA) is 38.3 Å². The molecule has 3 nitrogen and oxygen atoms in total. The van der Waals surface area contributed by atoms with Gasteiger partial charge in [0.25, 0.3) is 0 Å². The number of carbonyl (C=O) groups excluding carboxylic acids is 1. The summed E-state index contributed by atoms with van der Waals surface area (Å²) in [6.07, 6.45) is 0.261. The van der Waals surface area contributed by atoms with Crippen molar-refractivity contribution < 1.29 is 22.7 Å². The Morgan fingerprint density at radius 3 is 2.41 bits per heavy atom. The standard InChI is InChI=1S/C21H16Cl2F3NO2/c22-17-5-1-15(19(23)10-17)12-29-20-8-4-14(9-16(20)11-28)13-2-6-18(7-3-13)27-21(24,25)26/h1-9,11,19,27H,10,12H2. The average Bonchev–Trinajstić information content (AvgIpc) is 2.66. The van der Waals surface area contributed by atoms with Gasteiger partial charge < -0.3 is 4.74 Å². The molecule has 1 aliphatic rings. The molecule has 1 N–H and O–H groups in total.